The summed E-state index contributed by atoms with van der Waals surface area (Å²) >= 11 is 0. The Morgan fingerprint density at radius 1 is 1.33 bits per heavy atom. The fraction of sp³-hybridized carbons (Fsp3) is 0.737. The van der Waals surface area contributed by atoms with Crippen molar-refractivity contribution in [3.63, 3.8) is 0 Å². The van der Waals surface area contributed by atoms with E-state index in [1.54, 1.807) is 15.8 Å². The topological polar surface area (TPSA) is 79.7 Å². The summed E-state index contributed by atoms with van der Waals surface area (Å²) in [5.41, 5.74) is 1.06. The van der Waals surface area contributed by atoms with Gasteiger partial charge < -0.3 is 19.9 Å². The van der Waals surface area contributed by atoms with E-state index in [2.05, 4.69) is 10.4 Å². The minimum absolute atomic E-state index is 0.0519. The second-order valence-corrected chi connectivity index (χ2v) is 8.49. The van der Waals surface area contributed by atoms with Crippen LogP contribution in [0.5, 0.6) is 0 Å². The molecule has 1 aromatic heterocycles. The van der Waals surface area contributed by atoms with Gasteiger partial charge in [0.15, 0.2) is 0 Å². The number of likely N-dealkylation sites (tertiary alicyclic amines) is 1. The number of hydrogen-bond donors (Lipinski definition) is 1. The van der Waals surface area contributed by atoms with Gasteiger partial charge in [0, 0.05) is 38.4 Å². The Morgan fingerprint density at radius 3 is 2.81 bits per heavy atom. The van der Waals surface area contributed by atoms with Crippen molar-refractivity contribution in [2.45, 2.75) is 56.7 Å². The number of ether oxygens (including phenoxy) is 1. The normalized spacial score (nSPS) is 31.9. The van der Waals surface area contributed by atoms with E-state index in [-0.39, 0.29) is 29.5 Å². The third-order valence-electron chi connectivity index (χ3n) is 6.88. The second kappa shape index (κ2) is 6.22. The molecule has 5 rings (SSSR count). The fourth-order valence-corrected chi connectivity index (χ4v) is 5.33. The maximum absolute atomic E-state index is 12.9. The Morgan fingerprint density at radius 2 is 2.19 bits per heavy atom. The molecule has 8 nitrogen and oxygen atoms in total. The Bertz CT molecular complexity index is 752. The zero-order valence-corrected chi connectivity index (χ0v) is 15.8. The van der Waals surface area contributed by atoms with Crippen LogP contribution in [0.2, 0.25) is 0 Å². The number of rotatable bonds is 3. The number of hydrogen-bond acceptors (Lipinski definition) is 4. The predicted molar refractivity (Wildman–Crippen MR) is 98.2 cm³/mol. The van der Waals surface area contributed by atoms with Gasteiger partial charge in [0.1, 0.15) is 6.04 Å². The van der Waals surface area contributed by atoms with Crippen molar-refractivity contribution in [3.05, 3.63) is 12.4 Å². The van der Waals surface area contributed by atoms with Gasteiger partial charge in [0.05, 0.1) is 24.0 Å². The largest absolute Gasteiger partial charge is 0.376 e. The van der Waals surface area contributed by atoms with Crippen LogP contribution < -0.4 is 10.2 Å². The second-order valence-electron chi connectivity index (χ2n) is 8.49. The summed E-state index contributed by atoms with van der Waals surface area (Å²) in [5.74, 6) is -0.0519. The Balaban J connectivity index is 1.24. The molecule has 146 valence electrons. The van der Waals surface area contributed by atoms with Crippen molar-refractivity contribution in [2.75, 3.05) is 24.6 Å². The zero-order valence-electron chi connectivity index (χ0n) is 15.8. The molecule has 1 N–H and O–H groups in total. The maximum Gasteiger partial charge on any atom is 0.318 e. The summed E-state index contributed by atoms with van der Waals surface area (Å²) in [6.45, 7) is 2.21. The summed E-state index contributed by atoms with van der Waals surface area (Å²) in [6, 6.07) is -0.389. The van der Waals surface area contributed by atoms with Crippen molar-refractivity contribution >= 4 is 17.6 Å². The van der Waals surface area contributed by atoms with E-state index in [4.69, 9.17) is 4.74 Å². The number of aromatic nitrogens is 2. The molecule has 3 amide bonds. The number of carbonyl (C=O) groups excluding carboxylic acids is 2. The molecule has 27 heavy (non-hydrogen) atoms. The Hall–Kier alpha value is -2.09. The van der Waals surface area contributed by atoms with E-state index in [1.165, 1.54) is 19.3 Å². The summed E-state index contributed by atoms with van der Waals surface area (Å²) in [7, 11) is 1.83. The molecule has 3 unspecified atom stereocenters. The SMILES string of the molecule is Cn1cc(N2CCC(NC(=O)N3CC4(CCC4)C3C3CCCO3)C2=O)cn1. The van der Waals surface area contributed by atoms with Gasteiger partial charge in [-0.2, -0.15) is 5.10 Å². The number of carbonyl (C=O) groups is 2. The number of amides is 3. The van der Waals surface area contributed by atoms with Crippen molar-refractivity contribution in [1.82, 2.24) is 20.0 Å². The van der Waals surface area contributed by atoms with E-state index in [0.717, 1.165) is 31.7 Å². The van der Waals surface area contributed by atoms with Crippen molar-refractivity contribution < 1.29 is 14.3 Å². The molecular weight excluding hydrogens is 346 g/mol. The van der Waals surface area contributed by atoms with Gasteiger partial charge in [-0.15, -0.1) is 0 Å². The first-order valence-electron chi connectivity index (χ1n) is 10.1. The summed E-state index contributed by atoms with van der Waals surface area (Å²) in [6.07, 6.45) is 10.0. The van der Waals surface area contributed by atoms with Gasteiger partial charge in [-0.25, -0.2) is 4.79 Å². The molecule has 0 bridgehead atoms. The van der Waals surface area contributed by atoms with Gasteiger partial charge in [0.25, 0.3) is 0 Å². The van der Waals surface area contributed by atoms with Crippen LogP contribution in [0.15, 0.2) is 12.4 Å². The van der Waals surface area contributed by atoms with Crippen LogP contribution in [0.1, 0.15) is 38.5 Å². The van der Waals surface area contributed by atoms with E-state index in [1.807, 2.05) is 18.1 Å². The quantitative estimate of drug-likeness (QED) is 0.865. The lowest BCUT2D eigenvalue weighted by Gasteiger charge is -2.63. The highest BCUT2D eigenvalue weighted by Crippen LogP contribution is 2.55. The molecule has 0 aromatic carbocycles. The highest BCUT2D eigenvalue weighted by Gasteiger charge is 2.61. The zero-order chi connectivity index (χ0) is 18.6. The number of nitrogens with one attached hydrogen (secondary N) is 1. The molecule has 0 radical (unpaired) electrons. The van der Waals surface area contributed by atoms with Crippen molar-refractivity contribution in [3.8, 4) is 0 Å². The maximum atomic E-state index is 12.9. The first-order valence-corrected chi connectivity index (χ1v) is 10.1. The van der Waals surface area contributed by atoms with Crippen molar-refractivity contribution in [1.29, 1.82) is 0 Å². The highest BCUT2D eigenvalue weighted by molar-refractivity contribution is 6.01. The molecule has 1 spiro atoms. The summed E-state index contributed by atoms with van der Waals surface area (Å²) < 4.78 is 7.61. The first kappa shape index (κ1) is 17.0. The molecule has 3 saturated heterocycles. The van der Waals surface area contributed by atoms with Gasteiger partial charge in [-0.3, -0.25) is 9.48 Å². The molecule has 8 heteroatoms. The van der Waals surface area contributed by atoms with Crippen LogP contribution in [0.3, 0.4) is 0 Å². The monoisotopic (exact) mass is 373 g/mol. The van der Waals surface area contributed by atoms with Gasteiger partial charge in [0.2, 0.25) is 5.91 Å². The summed E-state index contributed by atoms with van der Waals surface area (Å²) in [5, 5.41) is 7.12. The number of aryl methyl sites for hydroxylation is 1. The molecule has 4 heterocycles. The molecule has 4 fully saturated rings. The van der Waals surface area contributed by atoms with E-state index < -0.39 is 6.04 Å². The third-order valence-corrected chi connectivity index (χ3v) is 6.88. The average molecular weight is 373 g/mol. The smallest absolute Gasteiger partial charge is 0.318 e. The van der Waals surface area contributed by atoms with Crippen LogP contribution in [0.25, 0.3) is 0 Å². The van der Waals surface area contributed by atoms with Crippen LogP contribution >= 0.6 is 0 Å². The Labute approximate surface area is 158 Å². The lowest BCUT2D eigenvalue weighted by molar-refractivity contribution is -0.148. The van der Waals surface area contributed by atoms with Crippen LogP contribution in [0, 0.1) is 5.41 Å². The van der Waals surface area contributed by atoms with E-state index in [0.29, 0.717) is 13.0 Å². The van der Waals surface area contributed by atoms with Gasteiger partial charge in [-0.05, 0) is 32.1 Å². The molecule has 1 aliphatic carbocycles. The van der Waals surface area contributed by atoms with Crippen LogP contribution in [-0.4, -0.2) is 64.5 Å². The van der Waals surface area contributed by atoms with Gasteiger partial charge >= 0.3 is 6.03 Å². The number of urea groups is 1. The van der Waals surface area contributed by atoms with Crippen molar-refractivity contribution in [2.24, 2.45) is 12.5 Å². The predicted octanol–water partition coefficient (Wildman–Crippen LogP) is 1.27. The lowest BCUT2D eigenvalue weighted by atomic mass is 9.56. The number of anilines is 1. The summed E-state index contributed by atoms with van der Waals surface area (Å²) in [4.78, 5) is 29.3. The standard InChI is InChI=1S/C19H27N5O3/c1-22-11-13(10-20-22)23-8-5-14(17(23)25)21-18(26)24-12-19(6-3-7-19)16(24)15-4-2-9-27-15/h10-11,14-16H,2-9,12H2,1H3,(H,21,26). The van der Waals surface area contributed by atoms with Gasteiger partial charge in [-0.1, -0.05) is 6.42 Å². The molecular formula is C19H27N5O3. The van der Waals surface area contributed by atoms with E-state index >= 15 is 0 Å². The molecule has 1 aromatic rings. The first-order chi connectivity index (χ1) is 13.1. The minimum atomic E-state index is -0.458. The Kier molecular flexibility index (Phi) is 3.93. The lowest BCUT2D eigenvalue weighted by Crippen LogP contribution is -2.74. The minimum Gasteiger partial charge on any atom is -0.376 e. The highest BCUT2D eigenvalue weighted by atomic mass is 16.5. The molecule has 4 aliphatic rings. The molecule has 3 atom stereocenters. The fourth-order valence-electron chi connectivity index (χ4n) is 5.33. The number of nitrogens with zero attached hydrogens (tertiary/aromatic N) is 4. The van der Waals surface area contributed by atoms with Crippen LogP contribution in [-0.2, 0) is 16.6 Å². The molecule has 1 saturated carbocycles. The average Bonchev–Trinajstić information content (AvgIpc) is 3.29. The van der Waals surface area contributed by atoms with E-state index in [9.17, 15) is 9.59 Å². The van der Waals surface area contributed by atoms with Crippen LogP contribution in [0.4, 0.5) is 10.5 Å². The molecule has 3 aliphatic heterocycles. The third kappa shape index (κ3) is 2.64.